The third-order valence-electron chi connectivity index (χ3n) is 1.58. The van der Waals surface area contributed by atoms with Gasteiger partial charge in [0.2, 0.25) is 0 Å². The normalized spacial score (nSPS) is 11.7. The van der Waals surface area contributed by atoms with Crippen LogP contribution < -0.4 is 0 Å². The Bertz CT molecular complexity index is 301. The van der Waals surface area contributed by atoms with Gasteiger partial charge in [-0.15, -0.1) is 0 Å². The van der Waals surface area contributed by atoms with Crippen molar-refractivity contribution < 1.29 is 13.6 Å². The second-order valence-corrected chi connectivity index (χ2v) is 2.57. The van der Waals surface area contributed by atoms with E-state index in [-0.39, 0.29) is 11.5 Å². The number of nitrogens with zero attached hydrogens (tertiary/aromatic N) is 2. The van der Waals surface area contributed by atoms with Gasteiger partial charge < -0.3 is 4.57 Å². The van der Waals surface area contributed by atoms with Crippen LogP contribution in [0.25, 0.3) is 0 Å². The summed E-state index contributed by atoms with van der Waals surface area (Å²) < 4.78 is 26.5. The van der Waals surface area contributed by atoms with Gasteiger partial charge in [-0.3, -0.25) is 4.79 Å². The zero-order chi connectivity index (χ0) is 9.35. The van der Waals surface area contributed by atoms with Crippen molar-refractivity contribution in [3.05, 3.63) is 17.7 Å². The van der Waals surface area contributed by atoms with Crippen molar-refractivity contribution in [3.63, 3.8) is 0 Å². The summed E-state index contributed by atoms with van der Waals surface area (Å²) in [5.41, 5.74) is -0.260. The van der Waals surface area contributed by atoms with Crippen LogP contribution in [0.2, 0.25) is 0 Å². The molecule has 0 aliphatic heterocycles. The molecule has 0 saturated carbocycles. The minimum absolute atomic E-state index is 0.00604. The van der Waals surface area contributed by atoms with Gasteiger partial charge in [0, 0.05) is 14.0 Å². The van der Waals surface area contributed by atoms with Gasteiger partial charge in [-0.25, -0.2) is 4.98 Å². The molecule has 66 valence electrons. The van der Waals surface area contributed by atoms with Crippen molar-refractivity contribution in [2.24, 2.45) is 7.05 Å². The van der Waals surface area contributed by atoms with Crippen LogP contribution in [-0.4, -0.2) is 15.8 Å². The summed E-state index contributed by atoms with van der Waals surface area (Å²) in [6, 6.07) is 0. The van der Waals surface area contributed by atoms with E-state index in [1.165, 1.54) is 7.05 Å². The summed E-state index contributed by atoms with van der Waals surface area (Å²) in [6.07, 6.45) is 1.44. The van der Waals surface area contributed by atoms with Gasteiger partial charge >= 0.3 is 0 Å². The molecular weight excluding hydrogens is 166 g/mol. The van der Waals surface area contributed by atoms with Gasteiger partial charge in [0.05, 0.1) is 6.20 Å². The number of carbonyl (C=O) groups is 1. The van der Waals surface area contributed by atoms with E-state index >= 15 is 0 Å². The number of carbonyl (C=O) groups excluding carboxylic acids is 1. The molecule has 0 aliphatic carbocycles. The van der Waals surface area contributed by atoms with E-state index in [1.807, 2.05) is 0 Å². The van der Waals surface area contributed by atoms with Crippen LogP contribution in [0.15, 0.2) is 6.20 Å². The second kappa shape index (κ2) is 2.66. The van der Waals surface area contributed by atoms with E-state index in [4.69, 9.17) is 0 Å². The van der Waals surface area contributed by atoms with Gasteiger partial charge in [-0.2, -0.15) is 8.78 Å². The SMILES string of the molecule is Cn1c(C(C)(F)F)cnc1C=O. The van der Waals surface area contributed by atoms with Gasteiger partial charge in [0.25, 0.3) is 5.92 Å². The number of imidazole rings is 1. The van der Waals surface area contributed by atoms with E-state index in [1.54, 1.807) is 0 Å². The molecule has 0 aliphatic rings. The second-order valence-electron chi connectivity index (χ2n) is 2.57. The Labute approximate surface area is 68.0 Å². The lowest BCUT2D eigenvalue weighted by atomic mass is 10.3. The summed E-state index contributed by atoms with van der Waals surface area (Å²) in [7, 11) is 1.38. The van der Waals surface area contributed by atoms with E-state index in [0.29, 0.717) is 6.29 Å². The summed E-state index contributed by atoms with van der Waals surface area (Å²) in [5.74, 6) is -2.95. The fraction of sp³-hybridized carbons (Fsp3) is 0.429. The minimum Gasteiger partial charge on any atom is -0.324 e. The number of hydrogen-bond acceptors (Lipinski definition) is 2. The van der Waals surface area contributed by atoms with Gasteiger partial charge in [-0.1, -0.05) is 0 Å². The average Bonchev–Trinajstić information content (AvgIpc) is 2.29. The first-order valence-electron chi connectivity index (χ1n) is 3.32. The number of hydrogen-bond donors (Lipinski definition) is 0. The molecule has 1 aromatic heterocycles. The zero-order valence-corrected chi connectivity index (χ0v) is 6.71. The van der Waals surface area contributed by atoms with Crippen molar-refractivity contribution in [2.45, 2.75) is 12.8 Å². The van der Waals surface area contributed by atoms with Gasteiger partial charge in [-0.05, 0) is 0 Å². The van der Waals surface area contributed by atoms with Crippen LogP contribution in [0, 0.1) is 0 Å². The molecular formula is C7H8F2N2O. The van der Waals surface area contributed by atoms with E-state index in [2.05, 4.69) is 4.98 Å². The Balaban J connectivity index is 3.19. The molecule has 0 fully saturated rings. The first-order chi connectivity index (χ1) is 5.46. The predicted molar refractivity (Wildman–Crippen MR) is 38.2 cm³/mol. The molecule has 3 nitrogen and oxygen atoms in total. The van der Waals surface area contributed by atoms with Crippen LogP contribution in [0.5, 0.6) is 0 Å². The molecule has 5 heteroatoms. The average molecular weight is 174 g/mol. The zero-order valence-electron chi connectivity index (χ0n) is 6.71. The van der Waals surface area contributed by atoms with E-state index in [9.17, 15) is 13.6 Å². The predicted octanol–water partition coefficient (Wildman–Crippen LogP) is 1.34. The Kier molecular flexibility index (Phi) is 1.95. The molecule has 1 aromatic rings. The molecule has 0 aromatic carbocycles. The maximum absolute atomic E-state index is 12.7. The van der Waals surface area contributed by atoms with Crippen LogP contribution in [0.1, 0.15) is 23.2 Å². The maximum atomic E-state index is 12.7. The Morgan fingerprint density at radius 1 is 1.67 bits per heavy atom. The largest absolute Gasteiger partial charge is 0.324 e. The lowest BCUT2D eigenvalue weighted by Gasteiger charge is -2.10. The highest BCUT2D eigenvalue weighted by Crippen LogP contribution is 2.26. The fourth-order valence-corrected chi connectivity index (χ4v) is 0.941. The van der Waals surface area contributed by atoms with Crippen LogP contribution in [-0.2, 0) is 13.0 Å². The van der Waals surface area contributed by atoms with E-state index < -0.39 is 5.92 Å². The highest BCUT2D eigenvalue weighted by Gasteiger charge is 2.28. The third-order valence-corrected chi connectivity index (χ3v) is 1.58. The number of aromatic nitrogens is 2. The van der Waals surface area contributed by atoms with Crippen LogP contribution >= 0.6 is 0 Å². The summed E-state index contributed by atoms with van der Waals surface area (Å²) in [5, 5.41) is 0. The molecule has 0 radical (unpaired) electrons. The maximum Gasteiger partial charge on any atom is 0.286 e. The Morgan fingerprint density at radius 2 is 2.25 bits per heavy atom. The van der Waals surface area contributed by atoms with E-state index in [0.717, 1.165) is 17.7 Å². The number of aldehydes is 1. The highest BCUT2D eigenvalue weighted by atomic mass is 19.3. The number of rotatable bonds is 2. The highest BCUT2D eigenvalue weighted by molar-refractivity contribution is 5.69. The molecule has 0 saturated heterocycles. The summed E-state index contributed by atoms with van der Waals surface area (Å²) in [6.45, 7) is 0.762. The molecule has 0 atom stereocenters. The Hall–Kier alpha value is -1.26. The van der Waals surface area contributed by atoms with Crippen LogP contribution in [0.4, 0.5) is 8.78 Å². The quantitative estimate of drug-likeness (QED) is 0.634. The topological polar surface area (TPSA) is 34.9 Å². The van der Waals surface area contributed by atoms with Gasteiger partial charge in [0.15, 0.2) is 12.1 Å². The summed E-state index contributed by atoms with van der Waals surface area (Å²) >= 11 is 0. The third kappa shape index (κ3) is 1.34. The van der Waals surface area contributed by atoms with Crippen molar-refractivity contribution in [1.82, 2.24) is 9.55 Å². The number of halogens is 2. The molecule has 12 heavy (non-hydrogen) atoms. The lowest BCUT2D eigenvalue weighted by Crippen LogP contribution is -2.13. The first-order valence-corrected chi connectivity index (χ1v) is 3.32. The van der Waals surface area contributed by atoms with Crippen molar-refractivity contribution in [2.75, 3.05) is 0 Å². The van der Waals surface area contributed by atoms with Crippen molar-refractivity contribution in [1.29, 1.82) is 0 Å². The van der Waals surface area contributed by atoms with Gasteiger partial charge in [0.1, 0.15) is 5.69 Å². The lowest BCUT2D eigenvalue weighted by molar-refractivity contribution is 0.00975. The number of alkyl halides is 2. The summed E-state index contributed by atoms with van der Waals surface area (Å²) in [4.78, 5) is 13.8. The first kappa shape index (κ1) is 8.83. The van der Waals surface area contributed by atoms with Crippen molar-refractivity contribution >= 4 is 6.29 Å². The molecule has 1 rings (SSSR count). The monoisotopic (exact) mass is 174 g/mol. The molecule has 0 spiro atoms. The molecule has 0 N–H and O–H groups in total. The standard InChI is InChI=1S/C7H8F2N2O/c1-7(8,9)5-3-10-6(4-12)11(5)2/h3-4H,1-2H3. The Morgan fingerprint density at radius 3 is 2.50 bits per heavy atom. The molecule has 0 bridgehead atoms. The molecule has 1 heterocycles. The van der Waals surface area contributed by atoms with Crippen molar-refractivity contribution in [3.8, 4) is 0 Å². The molecule has 0 unspecified atom stereocenters. The van der Waals surface area contributed by atoms with Crippen LogP contribution in [0.3, 0.4) is 0 Å². The minimum atomic E-state index is -2.96. The molecule has 0 amide bonds. The fourth-order valence-electron chi connectivity index (χ4n) is 0.941. The smallest absolute Gasteiger partial charge is 0.286 e.